The summed E-state index contributed by atoms with van der Waals surface area (Å²) in [5.74, 6) is 0.290. The van der Waals surface area contributed by atoms with Gasteiger partial charge in [0.1, 0.15) is 5.69 Å². The van der Waals surface area contributed by atoms with Crippen LogP contribution < -0.4 is 4.90 Å². The molecule has 1 fully saturated rings. The molecule has 0 spiro atoms. The van der Waals surface area contributed by atoms with Gasteiger partial charge in [-0.05, 0) is 36.5 Å². The quantitative estimate of drug-likeness (QED) is 0.668. The summed E-state index contributed by atoms with van der Waals surface area (Å²) >= 11 is 1.56. The fraction of sp³-hybridized carbons (Fsp3) is 0.450. The molecule has 0 aliphatic carbocycles. The number of ether oxygens (including phenoxy) is 1. The SMILES string of the molecule is CC(C)c1cccc2sc(N(CC3CCCO3)C(=O)c3ccnn3C)nc12. The molecule has 7 heteroatoms. The number of carbonyl (C=O) groups is 1. The lowest BCUT2D eigenvalue weighted by atomic mass is 10.0. The molecule has 1 atom stereocenters. The van der Waals surface area contributed by atoms with E-state index in [0.717, 1.165) is 34.8 Å². The van der Waals surface area contributed by atoms with Crippen LogP contribution in [0.15, 0.2) is 30.5 Å². The molecule has 2 aromatic heterocycles. The highest BCUT2D eigenvalue weighted by molar-refractivity contribution is 7.22. The summed E-state index contributed by atoms with van der Waals surface area (Å²) in [4.78, 5) is 19.9. The zero-order valence-electron chi connectivity index (χ0n) is 15.9. The lowest BCUT2D eigenvalue weighted by Crippen LogP contribution is -2.38. The van der Waals surface area contributed by atoms with Crippen LogP contribution in [0, 0.1) is 0 Å². The standard InChI is InChI=1S/C20H24N4O2S/c1-13(2)15-7-4-8-17-18(15)22-20(27-17)24(12-14-6-5-11-26-14)19(25)16-9-10-21-23(16)3/h4,7-10,13-14H,5-6,11-12H2,1-3H3. The Morgan fingerprint density at radius 1 is 1.41 bits per heavy atom. The summed E-state index contributed by atoms with van der Waals surface area (Å²) < 4.78 is 8.51. The molecule has 3 heterocycles. The molecule has 0 radical (unpaired) electrons. The summed E-state index contributed by atoms with van der Waals surface area (Å²) in [5.41, 5.74) is 2.75. The third kappa shape index (κ3) is 3.49. The molecule has 27 heavy (non-hydrogen) atoms. The lowest BCUT2D eigenvalue weighted by molar-refractivity contribution is 0.0909. The second-order valence-corrected chi connectivity index (χ2v) is 8.25. The summed E-state index contributed by atoms with van der Waals surface area (Å²) in [6, 6.07) is 8.00. The number of nitrogens with zero attached hydrogens (tertiary/aromatic N) is 4. The number of anilines is 1. The molecule has 1 unspecified atom stereocenters. The molecule has 4 rings (SSSR count). The summed E-state index contributed by atoms with van der Waals surface area (Å²) in [7, 11) is 1.78. The Morgan fingerprint density at radius 2 is 2.26 bits per heavy atom. The van der Waals surface area contributed by atoms with E-state index in [1.54, 1.807) is 40.2 Å². The predicted molar refractivity (Wildman–Crippen MR) is 108 cm³/mol. The van der Waals surface area contributed by atoms with E-state index < -0.39 is 0 Å². The van der Waals surface area contributed by atoms with Crippen LogP contribution in [0.2, 0.25) is 0 Å². The maximum Gasteiger partial charge on any atom is 0.278 e. The zero-order valence-corrected chi connectivity index (χ0v) is 16.7. The average Bonchev–Trinajstić information content (AvgIpc) is 3.38. The van der Waals surface area contributed by atoms with Crippen LogP contribution in [-0.2, 0) is 11.8 Å². The van der Waals surface area contributed by atoms with Gasteiger partial charge in [0, 0.05) is 19.9 Å². The first kappa shape index (κ1) is 18.1. The zero-order chi connectivity index (χ0) is 19.0. The lowest BCUT2D eigenvalue weighted by Gasteiger charge is -2.23. The number of carbonyl (C=O) groups excluding carboxylic acids is 1. The van der Waals surface area contributed by atoms with Gasteiger partial charge in [0.15, 0.2) is 5.13 Å². The van der Waals surface area contributed by atoms with Crippen molar-refractivity contribution in [3.8, 4) is 0 Å². The number of fused-ring (bicyclic) bond motifs is 1. The highest BCUT2D eigenvalue weighted by Gasteiger charge is 2.28. The number of hydrogen-bond acceptors (Lipinski definition) is 5. The van der Waals surface area contributed by atoms with Gasteiger partial charge in [-0.25, -0.2) is 4.98 Å². The van der Waals surface area contributed by atoms with E-state index in [1.165, 1.54) is 5.56 Å². The first-order valence-electron chi connectivity index (χ1n) is 9.35. The van der Waals surface area contributed by atoms with Crippen molar-refractivity contribution in [3.63, 3.8) is 0 Å². The summed E-state index contributed by atoms with van der Waals surface area (Å²) in [6.07, 6.45) is 3.71. The Balaban J connectivity index is 1.75. The minimum atomic E-state index is -0.0874. The van der Waals surface area contributed by atoms with E-state index in [4.69, 9.17) is 9.72 Å². The molecule has 1 aliphatic rings. The molecule has 0 bridgehead atoms. The maximum atomic E-state index is 13.3. The predicted octanol–water partition coefficient (Wildman–Crippen LogP) is 3.98. The van der Waals surface area contributed by atoms with E-state index >= 15 is 0 Å². The molecule has 0 N–H and O–H groups in total. The van der Waals surface area contributed by atoms with Crippen molar-refractivity contribution in [1.29, 1.82) is 0 Å². The van der Waals surface area contributed by atoms with Crippen molar-refractivity contribution in [1.82, 2.24) is 14.8 Å². The van der Waals surface area contributed by atoms with E-state index in [0.29, 0.717) is 18.2 Å². The van der Waals surface area contributed by atoms with Crippen LogP contribution >= 0.6 is 11.3 Å². The van der Waals surface area contributed by atoms with Crippen molar-refractivity contribution in [2.45, 2.75) is 38.7 Å². The Labute approximate surface area is 162 Å². The van der Waals surface area contributed by atoms with Gasteiger partial charge >= 0.3 is 0 Å². The first-order chi connectivity index (χ1) is 13.0. The van der Waals surface area contributed by atoms with Crippen LogP contribution in [0.3, 0.4) is 0 Å². The van der Waals surface area contributed by atoms with Crippen molar-refractivity contribution in [2.75, 3.05) is 18.1 Å². The Morgan fingerprint density at radius 3 is 2.93 bits per heavy atom. The molecule has 142 valence electrons. The number of para-hydroxylation sites is 1. The maximum absolute atomic E-state index is 13.3. The number of hydrogen-bond donors (Lipinski definition) is 0. The molecule has 3 aromatic rings. The monoisotopic (exact) mass is 384 g/mol. The second kappa shape index (κ2) is 7.40. The third-order valence-electron chi connectivity index (χ3n) is 4.99. The minimum Gasteiger partial charge on any atom is -0.376 e. The Bertz CT molecular complexity index is 956. The number of thiazole rings is 1. The number of benzene rings is 1. The van der Waals surface area contributed by atoms with Crippen LogP contribution in [-0.4, -0.2) is 39.9 Å². The van der Waals surface area contributed by atoms with Gasteiger partial charge in [-0.2, -0.15) is 5.10 Å². The van der Waals surface area contributed by atoms with E-state index in [-0.39, 0.29) is 12.0 Å². The minimum absolute atomic E-state index is 0.0544. The highest BCUT2D eigenvalue weighted by atomic mass is 32.1. The number of rotatable bonds is 5. The molecule has 1 amide bonds. The Kier molecular flexibility index (Phi) is 4.97. The van der Waals surface area contributed by atoms with E-state index in [1.807, 2.05) is 0 Å². The number of aromatic nitrogens is 3. The van der Waals surface area contributed by atoms with Gasteiger partial charge in [-0.1, -0.05) is 37.3 Å². The van der Waals surface area contributed by atoms with Crippen molar-refractivity contribution >= 4 is 32.6 Å². The normalized spacial score (nSPS) is 17.1. The van der Waals surface area contributed by atoms with Crippen molar-refractivity contribution in [3.05, 3.63) is 41.7 Å². The summed E-state index contributed by atoms with van der Waals surface area (Å²) in [5, 5.41) is 4.87. The molecular weight excluding hydrogens is 360 g/mol. The van der Waals surface area contributed by atoms with Crippen molar-refractivity contribution in [2.24, 2.45) is 7.05 Å². The molecule has 6 nitrogen and oxygen atoms in total. The van der Waals surface area contributed by atoms with Crippen LogP contribution in [0.5, 0.6) is 0 Å². The highest BCUT2D eigenvalue weighted by Crippen LogP contribution is 2.34. The van der Waals surface area contributed by atoms with E-state index in [2.05, 4.69) is 37.1 Å². The smallest absolute Gasteiger partial charge is 0.278 e. The molecule has 1 aromatic carbocycles. The van der Waals surface area contributed by atoms with Crippen LogP contribution in [0.1, 0.15) is 48.7 Å². The molecule has 0 saturated carbocycles. The van der Waals surface area contributed by atoms with Gasteiger partial charge in [-0.3, -0.25) is 14.4 Å². The fourth-order valence-corrected chi connectivity index (χ4v) is 4.51. The average molecular weight is 385 g/mol. The van der Waals surface area contributed by atoms with E-state index in [9.17, 15) is 4.79 Å². The van der Waals surface area contributed by atoms with Gasteiger partial charge in [0.2, 0.25) is 0 Å². The van der Waals surface area contributed by atoms with Gasteiger partial charge in [-0.15, -0.1) is 0 Å². The Hall–Kier alpha value is -2.25. The van der Waals surface area contributed by atoms with Crippen LogP contribution in [0.25, 0.3) is 10.2 Å². The summed E-state index contributed by atoms with van der Waals surface area (Å²) in [6.45, 7) is 5.61. The molecular formula is C20H24N4O2S. The fourth-order valence-electron chi connectivity index (χ4n) is 3.50. The first-order valence-corrected chi connectivity index (χ1v) is 10.2. The van der Waals surface area contributed by atoms with Gasteiger partial charge < -0.3 is 4.74 Å². The van der Waals surface area contributed by atoms with Crippen molar-refractivity contribution < 1.29 is 9.53 Å². The molecule has 1 aliphatic heterocycles. The van der Waals surface area contributed by atoms with Gasteiger partial charge in [0.25, 0.3) is 5.91 Å². The topological polar surface area (TPSA) is 60.2 Å². The van der Waals surface area contributed by atoms with Crippen LogP contribution in [0.4, 0.5) is 5.13 Å². The third-order valence-corrected chi connectivity index (χ3v) is 6.03. The van der Waals surface area contributed by atoms with Gasteiger partial charge in [0.05, 0.1) is 22.9 Å². The largest absolute Gasteiger partial charge is 0.376 e. The molecule has 1 saturated heterocycles. The number of amides is 1. The second-order valence-electron chi connectivity index (χ2n) is 7.24. The number of aryl methyl sites for hydroxylation is 1.